The fourth-order valence-electron chi connectivity index (χ4n) is 2.59. The number of aromatic amines is 1. The van der Waals surface area contributed by atoms with Crippen LogP contribution in [0.3, 0.4) is 0 Å². The average molecular weight is 406 g/mol. The van der Waals surface area contributed by atoms with Crippen molar-refractivity contribution in [2.45, 2.75) is 58.8 Å². The molecule has 1 aliphatic rings. The van der Waals surface area contributed by atoms with Gasteiger partial charge in [-0.15, -0.1) is 0 Å². The van der Waals surface area contributed by atoms with E-state index in [-0.39, 0.29) is 35.6 Å². The molecule has 1 heterocycles. The molecule has 0 unspecified atom stereocenters. The number of rotatable bonds is 2. The van der Waals surface area contributed by atoms with E-state index in [1.54, 1.807) is 12.2 Å². The Hall–Kier alpha value is 0.223. The molecule has 0 aliphatic heterocycles. The predicted molar refractivity (Wildman–Crippen MR) is 79.7 cm³/mol. The summed E-state index contributed by atoms with van der Waals surface area (Å²) in [6.45, 7) is 14.0. The molecule has 0 atom stereocenters. The number of allylic oxidation sites excluding steroid dienone is 4. The van der Waals surface area contributed by atoms with Crippen LogP contribution in [0, 0.1) is 0 Å². The van der Waals surface area contributed by atoms with E-state index >= 15 is 0 Å². The Balaban J connectivity index is 0.00000200. The molecule has 1 aliphatic carbocycles. The van der Waals surface area contributed by atoms with Crippen molar-refractivity contribution < 1.29 is 48.0 Å². The molecule has 116 valence electrons. The van der Waals surface area contributed by atoms with Crippen LogP contribution in [0.5, 0.6) is 0 Å². The Morgan fingerprint density at radius 2 is 1.62 bits per heavy atom. The zero-order valence-corrected chi connectivity index (χ0v) is 17.7. The van der Waals surface area contributed by atoms with E-state index in [2.05, 4.69) is 71.0 Å². The second kappa shape index (κ2) is 7.67. The quantitative estimate of drug-likeness (QED) is 0.596. The summed E-state index contributed by atoms with van der Waals surface area (Å²) in [5.41, 5.74) is 3.53. The minimum atomic E-state index is -0.649. The maximum atomic E-state index is 3.62. The van der Waals surface area contributed by atoms with Crippen molar-refractivity contribution in [3.8, 4) is 0 Å². The van der Waals surface area contributed by atoms with Crippen LogP contribution in [-0.4, -0.2) is 4.98 Å². The van der Waals surface area contributed by atoms with Gasteiger partial charge in [-0.3, -0.25) is 0 Å². The standard InChI is InChI=1S/C12H20N.C5H5.2ClH.Zr/c1-11(2,3)9-7-13-8-10(9)12(4,5)6;1-2-4-5-3-1;;;/h7,13H,1-6H3;1-3H,4H2;2*1H;/q;;;;+2/p-2. The van der Waals surface area contributed by atoms with E-state index in [1.165, 1.54) is 12.0 Å². The largest absolute Gasteiger partial charge is 1.00 e. The van der Waals surface area contributed by atoms with Crippen molar-refractivity contribution in [3.05, 3.63) is 38.8 Å². The molecule has 0 amide bonds. The third-order valence-corrected chi connectivity index (χ3v) is 6.78. The molecule has 0 aromatic carbocycles. The van der Waals surface area contributed by atoms with Crippen LogP contribution in [0.4, 0.5) is 0 Å². The zero-order valence-electron chi connectivity index (χ0n) is 13.8. The number of hydrogen-bond donors (Lipinski definition) is 1. The van der Waals surface area contributed by atoms with Crippen LogP contribution < -0.4 is 28.2 Å². The second-order valence-electron chi connectivity index (χ2n) is 7.40. The predicted octanol–water partition coefficient (Wildman–Crippen LogP) is -1.83. The van der Waals surface area contributed by atoms with Crippen LogP contribution in [0.2, 0.25) is 0 Å². The number of hydrogen-bond acceptors (Lipinski definition) is 0. The maximum Gasteiger partial charge on any atom is -1.00 e. The van der Waals surface area contributed by atoms with Gasteiger partial charge in [-0.25, -0.2) is 0 Å². The summed E-state index contributed by atoms with van der Waals surface area (Å²) >= 11 is -0.649. The summed E-state index contributed by atoms with van der Waals surface area (Å²) in [6, 6.07) is 0. The van der Waals surface area contributed by atoms with Gasteiger partial charge < -0.3 is 24.8 Å². The van der Waals surface area contributed by atoms with E-state index < -0.39 is 23.2 Å². The van der Waals surface area contributed by atoms with Crippen LogP contribution >= 0.6 is 0 Å². The Labute approximate surface area is 153 Å². The minimum absolute atomic E-state index is 0. The molecule has 1 nitrogen and oxygen atoms in total. The average Bonchev–Trinajstić information content (AvgIpc) is 2.84. The van der Waals surface area contributed by atoms with Crippen LogP contribution in [-0.2, 0) is 34.1 Å². The number of H-pyrrole nitrogens is 1. The van der Waals surface area contributed by atoms with Crippen molar-refractivity contribution in [3.63, 3.8) is 0 Å². The van der Waals surface area contributed by atoms with Gasteiger partial charge in [-0.2, -0.15) is 0 Å². The molecule has 1 aromatic heterocycles. The SMILES string of the molecule is CC(C)(C)c1c[nH][c]([Zr+2][C]2=CC=CC2)c1C(C)(C)C.[Cl-].[Cl-]. The van der Waals surface area contributed by atoms with Gasteiger partial charge in [0.15, 0.2) is 0 Å². The van der Waals surface area contributed by atoms with Gasteiger partial charge in [0.05, 0.1) is 0 Å². The van der Waals surface area contributed by atoms with Gasteiger partial charge in [0.25, 0.3) is 0 Å². The van der Waals surface area contributed by atoms with Crippen LogP contribution in [0.25, 0.3) is 0 Å². The van der Waals surface area contributed by atoms with Gasteiger partial charge in [-0.1, -0.05) is 0 Å². The van der Waals surface area contributed by atoms with Crippen LogP contribution in [0.1, 0.15) is 59.1 Å². The Kier molecular flexibility index (Phi) is 7.75. The summed E-state index contributed by atoms with van der Waals surface area (Å²) in [7, 11) is 0. The second-order valence-corrected chi connectivity index (χ2v) is 10.8. The Morgan fingerprint density at radius 3 is 2.05 bits per heavy atom. The first-order chi connectivity index (χ1) is 8.69. The fraction of sp³-hybridized carbons (Fsp3) is 0.529. The molecule has 4 heteroatoms. The first-order valence-corrected chi connectivity index (χ1v) is 9.50. The normalized spacial score (nSPS) is 14.1. The third-order valence-electron chi connectivity index (χ3n) is 3.50. The summed E-state index contributed by atoms with van der Waals surface area (Å²) < 4.78 is 3.24. The summed E-state index contributed by atoms with van der Waals surface area (Å²) in [5, 5.41) is 0. The molecular weight excluding hydrogens is 380 g/mol. The first-order valence-electron chi connectivity index (χ1n) is 7.04. The number of nitrogens with one attached hydrogen (secondary N) is 1. The molecule has 2 rings (SSSR count). The first kappa shape index (κ1) is 21.2. The minimum Gasteiger partial charge on any atom is -1.00 e. The number of aromatic nitrogens is 1. The van der Waals surface area contributed by atoms with E-state index in [9.17, 15) is 0 Å². The molecule has 0 saturated heterocycles. The monoisotopic (exact) mass is 403 g/mol. The van der Waals surface area contributed by atoms with Crippen molar-refractivity contribution in [2.24, 2.45) is 0 Å². The molecule has 0 fully saturated rings. The zero-order chi connectivity index (χ0) is 14.3. The van der Waals surface area contributed by atoms with Gasteiger partial charge in [0.2, 0.25) is 0 Å². The molecule has 1 N–H and O–H groups in total. The van der Waals surface area contributed by atoms with Crippen molar-refractivity contribution >= 4 is 3.40 Å². The summed E-state index contributed by atoms with van der Waals surface area (Å²) in [5.74, 6) is 0. The smallest absolute Gasteiger partial charge is 1.00 e. The summed E-state index contributed by atoms with van der Waals surface area (Å²) in [6.07, 6.45) is 10.3. The third kappa shape index (κ3) is 5.12. The molecule has 0 spiro atoms. The molecule has 0 saturated carbocycles. The molecule has 0 bridgehead atoms. The Morgan fingerprint density at radius 1 is 1.00 bits per heavy atom. The molecule has 0 radical (unpaired) electrons. The van der Waals surface area contributed by atoms with Crippen LogP contribution in [0.15, 0.2) is 27.7 Å². The summed E-state index contributed by atoms with van der Waals surface area (Å²) in [4.78, 5) is 3.62. The van der Waals surface area contributed by atoms with E-state index in [0.717, 1.165) is 0 Å². The molecule has 21 heavy (non-hydrogen) atoms. The fourth-order valence-corrected chi connectivity index (χ4v) is 6.28. The Bertz CT molecular complexity index is 528. The molecule has 1 aromatic rings. The van der Waals surface area contributed by atoms with Gasteiger partial charge in [0, 0.05) is 0 Å². The number of halogens is 2. The maximum absolute atomic E-state index is 3.62. The van der Waals surface area contributed by atoms with Gasteiger partial charge >= 0.3 is 129 Å². The van der Waals surface area contributed by atoms with Crippen molar-refractivity contribution in [1.29, 1.82) is 0 Å². The van der Waals surface area contributed by atoms with Gasteiger partial charge in [-0.05, 0) is 0 Å². The van der Waals surface area contributed by atoms with E-state index in [0.29, 0.717) is 0 Å². The van der Waals surface area contributed by atoms with Crippen molar-refractivity contribution in [2.75, 3.05) is 0 Å². The molecular formula is C17H25Cl2NZr. The van der Waals surface area contributed by atoms with Crippen molar-refractivity contribution in [1.82, 2.24) is 4.98 Å². The van der Waals surface area contributed by atoms with E-state index in [4.69, 9.17) is 0 Å². The van der Waals surface area contributed by atoms with Gasteiger partial charge in [0.1, 0.15) is 0 Å². The van der Waals surface area contributed by atoms with E-state index in [1.807, 2.05) is 0 Å². The topological polar surface area (TPSA) is 15.8 Å².